The zero-order chi connectivity index (χ0) is 15.2. The van der Waals surface area contributed by atoms with Crippen molar-refractivity contribution < 1.29 is 13.2 Å². The van der Waals surface area contributed by atoms with E-state index in [1.165, 1.54) is 0 Å². The van der Waals surface area contributed by atoms with Gasteiger partial charge in [-0.2, -0.15) is 4.31 Å². The molecule has 0 spiro atoms. The van der Waals surface area contributed by atoms with Crippen LogP contribution < -0.4 is 0 Å². The summed E-state index contributed by atoms with van der Waals surface area (Å²) in [6.45, 7) is 7.03. The normalized spacial score (nSPS) is 13.7. The Morgan fingerprint density at radius 3 is 2.00 bits per heavy atom. The monoisotopic (exact) mass is 299 g/mol. The van der Waals surface area contributed by atoms with Crippen LogP contribution in [0.25, 0.3) is 0 Å². The molecule has 4 nitrogen and oxygen atoms in total. The summed E-state index contributed by atoms with van der Waals surface area (Å²) in [6, 6.07) is 6.96. The van der Waals surface area contributed by atoms with Gasteiger partial charge in [0.25, 0.3) is 0 Å². The lowest BCUT2D eigenvalue weighted by atomic mass is 10.1. The summed E-state index contributed by atoms with van der Waals surface area (Å²) in [5.41, 5.74) is 0.976. The summed E-state index contributed by atoms with van der Waals surface area (Å²) in [6.07, 6.45) is 1.60. The van der Waals surface area contributed by atoms with E-state index in [0.717, 1.165) is 18.4 Å². The molecule has 1 rings (SSSR count). The van der Waals surface area contributed by atoms with Gasteiger partial charge in [0.1, 0.15) is 0 Å². The van der Waals surface area contributed by atoms with Crippen molar-refractivity contribution >= 4 is 10.0 Å². The molecule has 1 aromatic carbocycles. The number of hydrogen-bond acceptors (Lipinski definition) is 3. The predicted octanol–water partition coefficient (Wildman–Crippen LogP) is 3.20. The molecule has 0 aliphatic carbocycles. The Morgan fingerprint density at radius 1 is 1.10 bits per heavy atom. The Morgan fingerprint density at radius 2 is 1.60 bits per heavy atom. The summed E-state index contributed by atoms with van der Waals surface area (Å²) < 4.78 is 31.9. The maximum Gasteiger partial charge on any atom is 0.243 e. The first kappa shape index (κ1) is 17.1. The van der Waals surface area contributed by atoms with Crippen LogP contribution in [0.4, 0.5) is 0 Å². The van der Waals surface area contributed by atoms with Gasteiger partial charge in [0.15, 0.2) is 0 Å². The van der Waals surface area contributed by atoms with Gasteiger partial charge >= 0.3 is 0 Å². The Kier molecular flexibility index (Phi) is 6.65. The minimum Gasteiger partial charge on any atom is -0.377 e. The van der Waals surface area contributed by atoms with Crippen LogP contribution in [0.15, 0.2) is 29.2 Å². The minimum absolute atomic E-state index is 0.0332. The van der Waals surface area contributed by atoms with Crippen LogP contribution in [0.2, 0.25) is 0 Å². The number of ether oxygens (including phenoxy) is 1. The van der Waals surface area contributed by atoms with Crippen LogP contribution in [-0.2, 0) is 14.8 Å². The standard InChI is InChI=1S/C15H25NO3S/c1-5-11-16(12-6-2)20(17,18)15-9-7-14(8-10-15)13(3)19-4/h7-10,13H,5-6,11-12H2,1-4H3. The van der Waals surface area contributed by atoms with Crippen LogP contribution >= 0.6 is 0 Å². The number of sulfonamides is 1. The van der Waals surface area contributed by atoms with Crippen LogP contribution in [0.3, 0.4) is 0 Å². The number of nitrogens with zero attached hydrogens (tertiary/aromatic N) is 1. The van der Waals surface area contributed by atoms with Gasteiger partial charge in [0.05, 0.1) is 11.0 Å². The van der Waals surface area contributed by atoms with Crippen LogP contribution in [0.5, 0.6) is 0 Å². The first-order chi connectivity index (χ1) is 9.47. The molecule has 0 aliphatic heterocycles. The molecule has 0 radical (unpaired) electrons. The third-order valence-corrected chi connectivity index (χ3v) is 5.20. The van der Waals surface area contributed by atoms with Gasteiger partial charge in [-0.1, -0.05) is 26.0 Å². The summed E-state index contributed by atoms with van der Waals surface area (Å²) >= 11 is 0. The molecule has 0 saturated carbocycles. The van der Waals surface area contributed by atoms with Crippen LogP contribution in [0, 0.1) is 0 Å². The summed E-state index contributed by atoms with van der Waals surface area (Å²) in [5, 5.41) is 0. The fourth-order valence-electron chi connectivity index (χ4n) is 2.05. The SMILES string of the molecule is CCCN(CCC)S(=O)(=O)c1ccc(C(C)OC)cc1. The highest BCUT2D eigenvalue weighted by molar-refractivity contribution is 7.89. The molecule has 114 valence electrons. The maximum absolute atomic E-state index is 12.6. The molecule has 0 heterocycles. The average Bonchev–Trinajstić information content (AvgIpc) is 2.46. The number of methoxy groups -OCH3 is 1. The molecule has 20 heavy (non-hydrogen) atoms. The fourth-order valence-corrected chi connectivity index (χ4v) is 3.67. The maximum atomic E-state index is 12.6. The molecule has 0 fully saturated rings. The molecule has 0 aliphatic rings. The van der Waals surface area contributed by atoms with Crippen LogP contribution in [-0.4, -0.2) is 32.9 Å². The second-order valence-electron chi connectivity index (χ2n) is 4.85. The quantitative estimate of drug-likeness (QED) is 0.740. The van der Waals surface area contributed by atoms with Crippen molar-refractivity contribution in [3.63, 3.8) is 0 Å². The molecular formula is C15H25NO3S. The molecule has 0 bridgehead atoms. The van der Waals surface area contributed by atoms with E-state index in [4.69, 9.17) is 4.74 Å². The van der Waals surface area contributed by atoms with Gasteiger partial charge in [0.2, 0.25) is 10.0 Å². The zero-order valence-electron chi connectivity index (χ0n) is 12.8. The third kappa shape index (κ3) is 4.04. The molecular weight excluding hydrogens is 274 g/mol. The highest BCUT2D eigenvalue weighted by Gasteiger charge is 2.22. The van der Waals surface area contributed by atoms with E-state index >= 15 is 0 Å². The lowest BCUT2D eigenvalue weighted by Gasteiger charge is -2.21. The number of hydrogen-bond donors (Lipinski definition) is 0. The smallest absolute Gasteiger partial charge is 0.243 e. The topological polar surface area (TPSA) is 46.6 Å². The highest BCUT2D eigenvalue weighted by Crippen LogP contribution is 2.21. The number of benzene rings is 1. The molecule has 1 aromatic rings. The molecule has 1 unspecified atom stereocenters. The molecule has 0 N–H and O–H groups in total. The van der Waals surface area contributed by atoms with E-state index in [9.17, 15) is 8.42 Å². The van der Waals surface area contributed by atoms with E-state index in [1.807, 2.05) is 32.9 Å². The van der Waals surface area contributed by atoms with Gasteiger partial charge in [-0.15, -0.1) is 0 Å². The molecule has 5 heteroatoms. The molecule has 0 aromatic heterocycles. The van der Waals surface area contributed by atoms with Crippen molar-refractivity contribution in [2.45, 2.75) is 44.6 Å². The third-order valence-electron chi connectivity index (χ3n) is 3.29. The highest BCUT2D eigenvalue weighted by atomic mass is 32.2. The summed E-state index contributed by atoms with van der Waals surface area (Å²) in [4.78, 5) is 0.353. The molecule has 0 saturated heterocycles. The molecule has 1 atom stereocenters. The fraction of sp³-hybridized carbons (Fsp3) is 0.600. The summed E-state index contributed by atoms with van der Waals surface area (Å²) in [7, 11) is -1.74. The number of rotatable bonds is 8. The summed E-state index contributed by atoms with van der Waals surface area (Å²) in [5.74, 6) is 0. The van der Waals surface area contributed by atoms with Crippen molar-refractivity contribution in [3.05, 3.63) is 29.8 Å². The first-order valence-electron chi connectivity index (χ1n) is 7.10. The van der Waals surface area contributed by atoms with Crippen LogP contribution in [0.1, 0.15) is 45.3 Å². The Labute approximate surface area is 122 Å². The first-order valence-corrected chi connectivity index (χ1v) is 8.54. The Hall–Kier alpha value is -0.910. The van der Waals surface area contributed by atoms with E-state index in [0.29, 0.717) is 18.0 Å². The van der Waals surface area contributed by atoms with E-state index in [1.54, 1.807) is 23.5 Å². The Bertz CT molecular complexity index is 490. The van der Waals surface area contributed by atoms with Crippen molar-refractivity contribution in [2.75, 3.05) is 20.2 Å². The largest absolute Gasteiger partial charge is 0.377 e. The second kappa shape index (κ2) is 7.76. The van der Waals surface area contributed by atoms with E-state index < -0.39 is 10.0 Å². The lowest BCUT2D eigenvalue weighted by molar-refractivity contribution is 0.119. The minimum atomic E-state index is -3.38. The van der Waals surface area contributed by atoms with Gasteiger partial charge < -0.3 is 4.74 Å². The van der Waals surface area contributed by atoms with Crippen molar-refractivity contribution in [1.82, 2.24) is 4.31 Å². The van der Waals surface area contributed by atoms with E-state index in [2.05, 4.69) is 0 Å². The van der Waals surface area contributed by atoms with Crippen molar-refractivity contribution in [2.24, 2.45) is 0 Å². The average molecular weight is 299 g/mol. The predicted molar refractivity (Wildman–Crippen MR) is 81.2 cm³/mol. The van der Waals surface area contributed by atoms with Gasteiger partial charge in [0, 0.05) is 20.2 Å². The Balaban J connectivity index is 3.02. The lowest BCUT2D eigenvalue weighted by Crippen LogP contribution is -2.32. The molecule has 0 amide bonds. The van der Waals surface area contributed by atoms with Gasteiger partial charge in [-0.25, -0.2) is 8.42 Å². The van der Waals surface area contributed by atoms with E-state index in [-0.39, 0.29) is 6.10 Å². The van der Waals surface area contributed by atoms with Gasteiger partial charge in [-0.3, -0.25) is 0 Å². The van der Waals surface area contributed by atoms with Gasteiger partial charge in [-0.05, 0) is 37.5 Å². The second-order valence-corrected chi connectivity index (χ2v) is 6.79. The van der Waals surface area contributed by atoms with Crippen molar-refractivity contribution in [1.29, 1.82) is 0 Å². The van der Waals surface area contributed by atoms with Crippen molar-refractivity contribution in [3.8, 4) is 0 Å². The zero-order valence-corrected chi connectivity index (χ0v) is 13.6.